The standard InChI is InChI=1S/C19H26N4O2S/c1-14(17-8-5-11-26-17)13-23-19(20-2)22-10-9-21-18(24)15-6-4-7-16(12-15)25-3/h4-8,11-12,14H,9-10,13H2,1-3H3,(H,21,24)(H2,20,22,23). The molecule has 1 amide bonds. The van der Waals surface area contributed by atoms with Crippen LogP contribution in [-0.4, -0.2) is 45.7 Å². The number of guanidine groups is 1. The Morgan fingerprint density at radius 2 is 2.00 bits per heavy atom. The third-order valence-electron chi connectivity index (χ3n) is 3.86. The molecule has 0 aliphatic carbocycles. The average molecular weight is 375 g/mol. The smallest absolute Gasteiger partial charge is 0.251 e. The molecule has 7 heteroatoms. The first-order valence-corrected chi connectivity index (χ1v) is 9.42. The van der Waals surface area contributed by atoms with E-state index in [0.717, 1.165) is 12.5 Å². The molecule has 6 nitrogen and oxygen atoms in total. The third kappa shape index (κ3) is 6.07. The minimum Gasteiger partial charge on any atom is -0.497 e. The molecule has 0 fully saturated rings. The van der Waals surface area contributed by atoms with Crippen LogP contribution in [0.2, 0.25) is 0 Å². The van der Waals surface area contributed by atoms with Crippen molar-refractivity contribution in [3.63, 3.8) is 0 Å². The van der Waals surface area contributed by atoms with E-state index in [1.807, 2.05) is 6.07 Å². The Morgan fingerprint density at radius 3 is 2.69 bits per heavy atom. The molecule has 1 aromatic carbocycles. The van der Waals surface area contributed by atoms with Gasteiger partial charge in [-0.25, -0.2) is 0 Å². The summed E-state index contributed by atoms with van der Waals surface area (Å²) in [6, 6.07) is 11.3. The van der Waals surface area contributed by atoms with Gasteiger partial charge in [-0.15, -0.1) is 11.3 Å². The van der Waals surface area contributed by atoms with Gasteiger partial charge < -0.3 is 20.7 Å². The Kier molecular flexibility index (Phi) is 7.95. The molecule has 1 atom stereocenters. The number of thiophene rings is 1. The number of carbonyl (C=O) groups is 1. The van der Waals surface area contributed by atoms with Gasteiger partial charge in [0.25, 0.3) is 5.91 Å². The van der Waals surface area contributed by atoms with Crippen molar-refractivity contribution in [2.75, 3.05) is 33.8 Å². The zero-order valence-electron chi connectivity index (χ0n) is 15.4. The first kappa shape index (κ1) is 19.8. The minimum atomic E-state index is -0.125. The SMILES string of the molecule is CN=C(NCCNC(=O)c1cccc(OC)c1)NCC(C)c1cccs1. The number of nitrogens with zero attached hydrogens (tertiary/aromatic N) is 1. The first-order valence-electron chi connectivity index (χ1n) is 8.54. The Hall–Kier alpha value is -2.54. The van der Waals surface area contributed by atoms with Crippen LogP contribution in [0.25, 0.3) is 0 Å². The molecule has 2 rings (SSSR count). The van der Waals surface area contributed by atoms with E-state index in [2.05, 4.69) is 45.4 Å². The summed E-state index contributed by atoms with van der Waals surface area (Å²) < 4.78 is 5.13. The molecule has 0 saturated heterocycles. The zero-order chi connectivity index (χ0) is 18.8. The van der Waals surface area contributed by atoms with Crippen LogP contribution >= 0.6 is 11.3 Å². The number of ether oxygens (including phenoxy) is 1. The van der Waals surface area contributed by atoms with E-state index in [1.54, 1.807) is 43.7 Å². The third-order valence-corrected chi connectivity index (χ3v) is 4.97. The molecule has 0 aliphatic heterocycles. The van der Waals surface area contributed by atoms with Crippen molar-refractivity contribution < 1.29 is 9.53 Å². The lowest BCUT2D eigenvalue weighted by Gasteiger charge is -2.15. The van der Waals surface area contributed by atoms with E-state index in [1.165, 1.54) is 4.88 Å². The second kappa shape index (κ2) is 10.5. The molecule has 0 aliphatic rings. The average Bonchev–Trinajstić information content (AvgIpc) is 3.22. The Labute approximate surface area is 158 Å². The lowest BCUT2D eigenvalue weighted by Crippen LogP contribution is -2.42. The summed E-state index contributed by atoms with van der Waals surface area (Å²) in [6.45, 7) is 4.07. The van der Waals surface area contributed by atoms with Crippen molar-refractivity contribution in [2.45, 2.75) is 12.8 Å². The summed E-state index contributed by atoms with van der Waals surface area (Å²) in [5, 5.41) is 11.5. The van der Waals surface area contributed by atoms with Crippen molar-refractivity contribution >= 4 is 23.2 Å². The molecule has 0 bridgehead atoms. The normalized spacial score (nSPS) is 12.3. The number of aliphatic imine (C=N–C) groups is 1. The van der Waals surface area contributed by atoms with Gasteiger partial charge in [-0.1, -0.05) is 19.1 Å². The number of carbonyl (C=O) groups excluding carboxylic acids is 1. The highest BCUT2D eigenvalue weighted by Crippen LogP contribution is 2.19. The molecule has 1 heterocycles. The first-order chi connectivity index (χ1) is 12.6. The second-order valence-corrected chi connectivity index (χ2v) is 6.76. The van der Waals surface area contributed by atoms with E-state index in [-0.39, 0.29) is 5.91 Å². The van der Waals surface area contributed by atoms with Gasteiger partial charge in [0.15, 0.2) is 5.96 Å². The topological polar surface area (TPSA) is 74.8 Å². The maximum Gasteiger partial charge on any atom is 0.251 e. The van der Waals surface area contributed by atoms with E-state index < -0.39 is 0 Å². The molecule has 26 heavy (non-hydrogen) atoms. The maximum absolute atomic E-state index is 12.1. The zero-order valence-corrected chi connectivity index (χ0v) is 16.2. The van der Waals surface area contributed by atoms with Crippen LogP contribution in [0.15, 0.2) is 46.8 Å². The number of hydrogen-bond acceptors (Lipinski definition) is 4. The largest absolute Gasteiger partial charge is 0.497 e. The lowest BCUT2D eigenvalue weighted by molar-refractivity contribution is 0.0954. The second-order valence-electron chi connectivity index (χ2n) is 5.78. The predicted molar refractivity (Wildman–Crippen MR) is 107 cm³/mol. The molecular formula is C19H26N4O2S. The van der Waals surface area contributed by atoms with Crippen LogP contribution in [0, 0.1) is 0 Å². The fraction of sp³-hybridized carbons (Fsp3) is 0.368. The summed E-state index contributed by atoms with van der Waals surface area (Å²) in [5.41, 5.74) is 0.580. The van der Waals surface area contributed by atoms with Crippen LogP contribution in [-0.2, 0) is 0 Å². The molecule has 0 spiro atoms. The van der Waals surface area contributed by atoms with Gasteiger partial charge in [0.1, 0.15) is 5.75 Å². The lowest BCUT2D eigenvalue weighted by atomic mass is 10.1. The molecule has 140 valence electrons. The molecule has 1 unspecified atom stereocenters. The number of benzene rings is 1. The van der Waals surface area contributed by atoms with Crippen molar-refractivity contribution in [2.24, 2.45) is 4.99 Å². The molecule has 3 N–H and O–H groups in total. The number of rotatable bonds is 8. The molecule has 0 radical (unpaired) electrons. The van der Waals surface area contributed by atoms with E-state index in [0.29, 0.717) is 30.3 Å². The van der Waals surface area contributed by atoms with Crippen LogP contribution in [0.3, 0.4) is 0 Å². The van der Waals surface area contributed by atoms with Crippen LogP contribution in [0.4, 0.5) is 0 Å². The van der Waals surface area contributed by atoms with Gasteiger partial charge in [-0.3, -0.25) is 9.79 Å². The highest BCUT2D eigenvalue weighted by atomic mass is 32.1. The molecular weight excluding hydrogens is 348 g/mol. The number of hydrogen-bond donors (Lipinski definition) is 3. The summed E-state index contributed by atoms with van der Waals surface area (Å²) in [6.07, 6.45) is 0. The molecule has 1 aromatic heterocycles. The van der Waals surface area contributed by atoms with Crippen LogP contribution in [0.5, 0.6) is 5.75 Å². The highest BCUT2D eigenvalue weighted by molar-refractivity contribution is 7.10. The number of amides is 1. The molecule has 0 saturated carbocycles. The Bertz CT molecular complexity index is 716. The summed E-state index contributed by atoms with van der Waals surface area (Å²) in [5.74, 6) is 1.69. The van der Waals surface area contributed by atoms with Crippen LogP contribution < -0.4 is 20.7 Å². The van der Waals surface area contributed by atoms with Gasteiger partial charge in [0.2, 0.25) is 0 Å². The molecule has 2 aromatic rings. The summed E-state index contributed by atoms with van der Waals surface area (Å²) in [7, 11) is 3.32. The summed E-state index contributed by atoms with van der Waals surface area (Å²) in [4.78, 5) is 17.7. The van der Waals surface area contributed by atoms with Crippen molar-refractivity contribution in [1.29, 1.82) is 0 Å². The Balaban J connectivity index is 1.69. The predicted octanol–water partition coefficient (Wildman–Crippen LogP) is 2.46. The van der Waals surface area contributed by atoms with Crippen molar-refractivity contribution in [3.05, 3.63) is 52.2 Å². The monoisotopic (exact) mass is 374 g/mol. The van der Waals surface area contributed by atoms with Crippen LogP contribution in [0.1, 0.15) is 28.1 Å². The fourth-order valence-electron chi connectivity index (χ4n) is 2.37. The van der Waals surface area contributed by atoms with Crippen molar-refractivity contribution in [1.82, 2.24) is 16.0 Å². The van der Waals surface area contributed by atoms with Gasteiger partial charge >= 0.3 is 0 Å². The summed E-state index contributed by atoms with van der Waals surface area (Å²) >= 11 is 1.76. The number of methoxy groups -OCH3 is 1. The fourth-order valence-corrected chi connectivity index (χ4v) is 3.15. The van der Waals surface area contributed by atoms with E-state index in [4.69, 9.17) is 4.74 Å². The van der Waals surface area contributed by atoms with E-state index >= 15 is 0 Å². The van der Waals surface area contributed by atoms with Gasteiger partial charge in [-0.2, -0.15) is 0 Å². The quantitative estimate of drug-likeness (QED) is 0.377. The van der Waals surface area contributed by atoms with Gasteiger partial charge in [0.05, 0.1) is 7.11 Å². The van der Waals surface area contributed by atoms with E-state index in [9.17, 15) is 4.79 Å². The van der Waals surface area contributed by atoms with Crippen molar-refractivity contribution in [3.8, 4) is 5.75 Å². The highest BCUT2D eigenvalue weighted by Gasteiger charge is 2.08. The van der Waals surface area contributed by atoms with Gasteiger partial charge in [0, 0.05) is 43.0 Å². The number of nitrogens with one attached hydrogen (secondary N) is 3. The minimum absolute atomic E-state index is 0.125. The van der Waals surface area contributed by atoms with Gasteiger partial charge in [-0.05, 0) is 29.6 Å². The Morgan fingerprint density at radius 1 is 1.19 bits per heavy atom. The maximum atomic E-state index is 12.1.